The smallest absolute Gasteiger partial charge is 0.177 e. The van der Waals surface area contributed by atoms with Gasteiger partial charge < -0.3 is 10.3 Å². The largest absolute Gasteiger partial charge is 0.380 e. The number of nitrogens with zero attached hydrogens (tertiary/aromatic N) is 1. The van der Waals surface area contributed by atoms with Crippen LogP contribution in [0.1, 0.15) is 5.56 Å². The van der Waals surface area contributed by atoms with Crippen molar-refractivity contribution in [3.8, 4) is 22.5 Å². The maximum Gasteiger partial charge on any atom is 0.177 e. The molecular formula is C16H12F2N2O. The number of benzene rings is 2. The Bertz CT molecular complexity index is 812. The summed E-state index contributed by atoms with van der Waals surface area (Å²) in [4.78, 5) is 0. The lowest BCUT2D eigenvalue weighted by Gasteiger charge is -2.04. The summed E-state index contributed by atoms with van der Waals surface area (Å²) in [5, 5.41) is 3.74. The van der Waals surface area contributed by atoms with E-state index in [0.29, 0.717) is 16.9 Å². The molecule has 1 heterocycles. The molecule has 21 heavy (non-hydrogen) atoms. The number of aromatic nitrogens is 1. The molecular weight excluding hydrogens is 274 g/mol. The van der Waals surface area contributed by atoms with Crippen LogP contribution < -0.4 is 5.73 Å². The van der Waals surface area contributed by atoms with Crippen LogP contribution in [0.3, 0.4) is 0 Å². The van der Waals surface area contributed by atoms with Crippen molar-refractivity contribution in [2.75, 3.05) is 5.73 Å². The number of nitrogens with two attached hydrogens (primary N) is 1. The van der Waals surface area contributed by atoms with Gasteiger partial charge in [0, 0.05) is 5.56 Å². The maximum atomic E-state index is 13.4. The highest BCUT2D eigenvalue weighted by molar-refractivity contribution is 5.86. The van der Waals surface area contributed by atoms with E-state index in [0.717, 1.165) is 23.3 Å². The fourth-order valence-electron chi connectivity index (χ4n) is 2.22. The Morgan fingerprint density at radius 1 is 1.00 bits per heavy atom. The SMILES string of the molecule is Cc1cccc(-c2c(N)noc2-c2ccc(F)c(F)c2)c1. The molecule has 0 saturated carbocycles. The van der Waals surface area contributed by atoms with Crippen LogP contribution in [0.5, 0.6) is 0 Å². The average molecular weight is 286 g/mol. The van der Waals surface area contributed by atoms with Crippen molar-refractivity contribution >= 4 is 5.82 Å². The fraction of sp³-hybridized carbons (Fsp3) is 0.0625. The summed E-state index contributed by atoms with van der Waals surface area (Å²) >= 11 is 0. The highest BCUT2D eigenvalue weighted by Crippen LogP contribution is 2.37. The van der Waals surface area contributed by atoms with Gasteiger partial charge in [-0.3, -0.25) is 0 Å². The minimum absolute atomic E-state index is 0.209. The minimum Gasteiger partial charge on any atom is -0.380 e. The Labute approximate surface area is 120 Å². The molecule has 3 rings (SSSR count). The van der Waals surface area contributed by atoms with Gasteiger partial charge in [-0.2, -0.15) is 0 Å². The summed E-state index contributed by atoms with van der Waals surface area (Å²) < 4.78 is 31.7. The Balaban J connectivity index is 2.19. The molecule has 0 saturated heterocycles. The van der Waals surface area contributed by atoms with E-state index in [1.165, 1.54) is 6.07 Å². The second kappa shape index (κ2) is 5.01. The second-order valence-corrected chi connectivity index (χ2v) is 4.77. The number of anilines is 1. The fourth-order valence-corrected chi connectivity index (χ4v) is 2.22. The van der Waals surface area contributed by atoms with E-state index in [9.17, 15) is 8.78 Å². The third kappa shape index (κ3) is 2.38. The Morgan fingerprint density at radius 3 is 2.52 bits per heavy atom. The summed E-state index contributed by atoms with van der Waals surface area (Å²) in [5.41, 5.74) is 8.67. The van der Waals surface area contributed by atoms with Crippen molar-refractivity contribution in [3.63, 3.8) is 0 Å². The predicted molar refractivity (Wildman–Crippen MR) is 76.4 cm³/mol. The highest BCUT2D eigenvalue weighted by atomic mass is 19.2. The van der Waals surface area contributed by atoms with Crippen LogP contribution in [0.25, 0.3) is 22.5 Å². The van der Waals surface area contributed by atoms with E-state index >= 15 is 0 Å². The lowest BCUT2D eigenvalue weighted by atomic mass is 10.00. The first-order chi connectivity index (χ1) is 10.1. The lowest BCUT2D eigenvalue weighted by Crippen LogP contribution is -1.90. The van der Waals surface area contributed by atoms with Gasteiger partial charge in [0.1, 0.15) is 0 Å². The van der Waals surface area contributed by atoms with Crippen molar-refractivity contribution in [2.45, 2.75) is 6.92 Å². The normalized spacial score (nSPS) is 10.8. The lowest BCUT2D eigenvalue weighted by molar-refractivity contribution is 0.435. The number of hydrogen-bond acceptors (Lipinski definition) is 3. The molecule has 0 fully saturated rings. The highest BCUT2D eigenvalue weighted by Gasteiger charge is 2.18. The molecule has 2 aromatic carbocycles. The van der Waals surface area contributed by atoms with Crippen LogP contribution in [-0.2, 0) is 0 Å². The number of rotatable bonds is 2. The van der Waals surface area contributed by atoms with E-state index in [1.807, 2.05) is 31.2 Å². The molecule has 0 spiro atoms. The molecule has 0 aliphatic heterocycles. The monoisotopic (exact) mass is 286 g/mol. The van der Waals surface area contributed by atoms with Gasteiger partial charge in [-0.25, -0.2) is 8.78 Å². The molecule has 0 atom stereocenters. The first kappa shape index (κ1) is 13.3. The number of aryl methyl sites for hydroxylation is 1. The van der Waals surface area contributed by atoms with Crippen molar-refractivity contribution < 1.29 is 13.3 Å². The maximum absolute atomic E-state index is 13.4. The molecule has 2 N–H and O–H groups in total. The van der Waals surface area contributed by atoms with Crippen LogP contribution in [0.4, 0.5) is 14.6 Å². The van der Waals surface area contributed by atoms with E-state index < -0.39 is 11.6 Å². The molecule has 0 amide bonds. The zero-order valence-electron chi connectivity index (χ0n) is 11.2. The molecule has 0 bridgehead atoms. The third-order valence-corrected chi connectivity index (χ3v) is 3.21. The Hall–Kier alpha value is -2.69. The standard InChI is InChI=1S/C16H12F2N2O/c1-9-3-2-4-10(7-9)14-15(21-20-16(14)19)11-5-6-12(17)13(18)8-11/h2-8H,1H3,(H2,19,20). The van der Waals surface area contributed by atoms with Gasteiger partial charge in [-0.15, -0.1) is 0 Å². The average Bonchev–Trinajstić information content (AvgIpc) is 2.84. The molecule has 0 aliphatic rings. The minimum atomic E-state index is -0.947. The van der Waals surface area contributed by atoms with E-state index in [1.54, 1.807) is 0 Å². The number of hydrogen-bond donors (Lipinski definition) is 1. The summed E-state index contributed by atoms with van der Waals surface area (Å²) in [6.07, 6.45) is 0. The molecule has 0 unspecified atom stereocenters. The molecule has 0 aliphatic carbocycles. The Morgan fingerprint density at radius 2 is 1.81 bits per heavy atom. The van der Waals surface area contributed by atoms with Crippen LogP contribution in [0, 0.1) is 18.6 Å². The van der Waals surface area contributed by atoms with Gasteiger partial charge in [0.15, 0.2) is 23.2 Å². The van der Waals surface area contributed by atoms with Crippen molar-refractivity contribution in [2.24, 2.45) is 0 Å². The predicted octanol–water partition coefficient (Wildman–Crippen LogP) is 4.18. The van der Waals surface area contributed by atoms with Crippen LogP contribution in [-0.4, -0.2) is 5.16 Å². The van der Waals surface area contributed by atoms with Gasteiger partial charge in [0.25, 0.3) is 0 Å². The van der Waals surface area contributed by atoms with Crippen molar-refractivity contribution in [1.29, 1.82) is 0 Å². The first-order valence-corrected chi connectivity index (χ1v) is 6.34. The quantitative estimate of drug-likeness (QED) is 0.769. The first-order valence-electron chi connectivity index (χ1n) is 6.34. The Kier molecular flexibility index (Phi) is 3.17. The molecule has 3 aromatic rings. The number of nitrogen functional groups attached to an aromatic ring is 1. The summed E-state index contributed by atoms with van der Waals surface area (Å²) in [7, 11) is 0. The van der Waals surface area contributed by atoms with E-state index in [2.05, 4.69) is 5.16 Å². The molecule has 5 heteroatoms. The second-order valence-electron chi connectivity index (χ2n) is 4.77. The van der Waals surface area contributed by atoms with Gasteiger partial charge in [0.05, 0.1) is 5.56 Å². The summed E-state index contributed by atoms with van der Waals surface area (Å²) in [6.45, 7) is 1.95. The van der Waals surface area contributed by atoms with Gasteiger partial charge in [-0.05, 0) is 30.7 Å². The molecule has 1 aromatic heterocycles. The van der Waals surface area contributed by atoms with Crippen LogP contribution >= 0.6 is 0 Å². The van der Waals surface area contributed by atoms with Gasteiger partial charge in [-0.1, -0.05) is 35.0 Å². The molecule has 3 nitrogen and oxygen atoms in total. The third-order valence-electron chi connectivity index (χ3n) is 3.21. The summed E-state index contributed by atoms with van der Waals surface area (Å²) in [5.74, 6) is -1.33. The van der Waals surface area contributed by atoms with Crippen molar-refractivity contribution in [3.05, 3.63) is 59.7 Å². The van der Waals surface area contributed by atoms with E-state index in [4.69, 9.17) is 10.3 Å². The van der Waals surface area contributed by atoms with Crippen molar-refractivity contribution in [1.82, 2.24) is 5.16 Å². The van der Waals surface area contributed by atoms with E-state index in [-0.39, 0.29) is 5.82 Å². The van der Waals surface area contributed by atoms with Gasteiger partial charge in [0.2, 0.25) is 0 Å². The zero-order valence-corrected chi connectivity index (χ0v) is 11.2. The zero-order chi connectivity index (χ0) is 15.0. The topological polar surface area (TPSA) is 52.0 Å². The molecule has 0 radical (unpaired) electrons. The summed E-state index contributed by atoms with van der Waals surface area (Å²) in [6, 6.07) is 11.2. The van der Waals surface area contributed by atoms with Crippen LogP contribution in [0.2, 0.25) is 0 Å². The molecule has 106 valence electrons. The van der Waals surface area contributed by atoms with Gasteiger partial charge >= 0.3 is 0 Å². The number of halogens is 2. The van der Waals surface area contributed by atoms with Crippen LogP contribution in [0.15, 0.2) is 47.0 Å².